The summed E-state index contributed by atoms with van der Waals surface area (Å²) in [6, 6.07) is 7.47. The number of nitrogens with zero attached hydrogens (tertiary/aromatic N) is 3. The van der Waals surface area contributed by atoms with Gasteiger partial charge in [0.25, 0.3) is 5.91 Å². The van der Waals surface area contributed by atoms with Gasteiger partial charge in [-0.25, -0.2) is 14.8 Å². The van der Waals surface area contributed by atoms with Gasteiger partial charge in [0, 0.05) is 18.3 Å². The fraction of sp³-hybridized carbons (Fsp3) is 0.200. The second kappa shape index (κ2) is 5.32. The molecule has 1 amide bonds. The molecule has 0 atom stereocenters. The van der Waals surface area contributed by atoms with Crippen molar-refractivity contribution < 1.29 is 14.7 Å². The minimum Gasteiger partial charge on any atom is -0.478 e. The molecular formula is C15H13N3O3. The van der Waals surface area contributed by atoms with Gasteiger partial charge in [0.2, 0.25) is 0 Å². The molecule has 0 spiro atoms. The Balaban J connectivity index is 1.88. The van der Waals surface area contributed by atoms with E-state index in [-0.39, 0.29) is 18.0 Å². The van der Waals surface area contributed by atoms with Crippen molar-refractivity contribution in [2.45, 2.75) is 13.0 Å². The molecule has 0 saturated heterocycles. The van der Waals surface area contributed by atoms with E-state index >= 15 is 0 Å². The fourth-order valence-electron chi connectivity index (χ4n) is 2.47. The van der Waals surface area contributed by atoms with Crippen molar-refractivity contribution >= 4 is 11.9 Å². The van der Waals surface area contributed by atoms with E-state index in [4.69, 9.17) is 5.11 Å². The minimum absolute atomic E-state index is 0.0316. The zero-order valence-electron chi connectivity index (χ0n) is 11.2. The summed E-state index contributed by atoms with van der Waals surface area (Å²) >= 11 is 0. The molecule has 1 N–H and O–H groups in total. The quantitative estimate of drug-likeness (QED) is 0.919. The Labute approximate surface area is 121 Å². The fourth-order valence-corrected chi connectivity index (χ4v) is 2.47. The van der Waals surface area contributed by atoms with Crippen LogP contribution in [-0.2, 0) is 13.0 Å². The number of aromatic carboxylic acids is 1. The van der Waals surface area contributed by atoms with Crippen LogP contribution in [0.2, 0.25) is 0 Å². The number of carboxylic acids is 1. The van der Waals surface area contributed by atoms with Gasteiger partial charge in [-0.15, -0.1) is 0 Å². The third-order valence-electron chi connectivity index (χ3n) is 3.55. The van der Waals surface area contributed by atoms with E-state index < -0.39 is 5.97 Å². The maximum absolute atomic E-state index is 12.4. The Kier molecular flexibility index (Phi) is 3.35. The van der Waals surface area contributed by atoms with Gasteiger partial charge in [-0.1, -0.05) is 18.2 Å². The molecule has 6 nitrogen and oxygen atoms in total. The summed E-state index contributed by atoms with van der Waals surface area (Å²) in [5.74, 6) is -1.18. The van der Waals surface area contributed by atoms with Crippen LogP contribution in [-0.4, -0.2) is 38.4 Å². The number of benzene rings is 1. The van der Waals surface area contributed by atoms with E-state index in [1.165, 1.54) is 12.5 Å². The maximum atomic E-state index is 12.4. The molecular weight excluding hydrogens is 270 g/mol. The topological polar surface area (TPSA) is 83.4 Å². The van der Waals surface area contributed by atoms with E-state index in [2.05, 4.69) is 9.97 Å². The molecule has 2 heterocycles. The van der Waals surface area contributed by atoms with E-state index in [0.29, 0.717) is 17.8 Å². The number of hydrogen-bond donors (Lipinski definition) is 1. The average molecular weight is 283 g/mol. The normalized spacial score (nSPS) is 13.9. The molecule has 1 aromatic carbocycles. The number of rotatable bonds is 3. The van der Waals surface area contributed by atoms with Crippen LogP contribution in [0, 0.1) is 0 Å². The lowest BCUT2D eigenvalue weighted by atomic mass is 9.99. The van der Waals surface area contributed by atoms with Crippen molar-refractivity contribution in [3.05, 3.63) is 59.2 Å². The van der Waals surface area contributed by atoms with Crippen LogP contribution >= 0.6 is 0 Å². The highest BCUT2D eigenvalue weighted by atomic mass is 16.4. The minimum atomic E-state index is -1.09. The highest BCUT2D eigenvalue weighted by Gasteiger charge is 2.25. The van der Waals surface area contributed by atoms with Gasteiger partial charge in [-0.3, -0.25) is 4.79 Å². The van der Waals surface area contributed by atoms with E-state index in [0.717, 1.165) is 12.0 Å². The zero-order chi connectivity index (χ0) is 14.8. The third-order valence-corrected chi connectivity index (χ3v) is 3.55. The molecule has 0 aliphatic carbocycles. The van der Waals surface area contributed by atoms with Crippen molar-refractivity contribution in [3.8, 4) is 0 Å². The van der Waals surface area contributed by atoms with Crippen molar-refractivity contribution in [1.82, 2.24) is 14.9 Å². The van der Waals surface area contributed by atoms with Crippen molar-refractivity contribution in [3.63, 3.8) is 0 Å². The van der Waals surface area contributed by atoms with Gasteiger partial charge in [0.1, 0.15) is 11.9 Å². The number of carbonyl (C=O) groups is 2. The Hall–Kier alpha value is -2.76. The Morgan fingerprint density at radius 3 is 2.95 bits per heavy atom. The molecule has 3 rings (SSSR count). The molecule has 6 heteroatoms. The summed E-state index contributed by atoms with van der Waals surface area (Å²) in [7, 11) is 0. The Bertz CT molecular complexity index is 715. The van der Waals surface area contributed by atoms with Gasteiger partial charge >= 0.3 is 5.97 Å². The lowest BCUT2D eigenvalue weighted by Crippen LogP contribution is -2.37. The van der Waals surface area contributed by atoms with Crippen LogP contribution in [0.5, 0.6) is 0 Å². The van der Waals surface area contributed by atoms with Crippen molar-refractivity contribution in [2.24, 2.45) is 0 Å². The van der Waals surface area contributed by atoms with Gasteiger partial charge in [-0.2, -0.15) is 0 Å². The zero-order valence-corrected chi connectivity index (χ0v) is 11.2. The molecule has 0 saturated carbocycles. The summed E-state index contributed by atoms with van der Waals surface area (Å²) in [4.78, 5) is 32.9. The van der Waals surface area contributed by atoms with Crippen LogP contribution in [0.4, 0.5) is 0 Å². The van der Waals surface area contributed by atoms with Crippen molar-refractivity contribution in [1.29, 1.82) is 0 Å². The predicted molar refractivity (Wildman–Crippen MR) is 73.9 cm³/mol. The molecule has 1 aromatic heterocycles. The largest absolute Gasteiger partial charge is 0.478 e. The molecule has 1 aliphatic heterocycles. The van der Waals surface area contributed by atoms with Gasteiger partial charge in [0.15, 0.2) is 0 Å². The van der Waals surface area contributed by atoms with Crippen molar-refractivity contribution in [2.75, 3.05) is 6.54 Å². The lowest BCUT2D eigenvalue weighted by Gasteiger charge is -2.28. The molecule has 0 bridgehead atoms. The molecule has 21 heavy (non-hydrogen) atoms. The second-order valence-corrected chi connectivity index (χ2v) is 4.82. The molecule has 106 valence electrons. The van der Waals surface area contributed by atoms with Crippen LogP contribution in [0.15, 0.2) is 36.8 Å². The SMILES string of the molecule is O=C(O)c1cncnc1CN1CCc2ccccc2C1=O. The lowest BCUT2D eigenvalue weighted by molar-refractivity contribution is 0.0676. The smallest absolute Gasteiger partial charge is 0.339 e. The summed E-state index contributed by atoms with van der Waals surface area (Å²) in [5, 5.41) is 9.14. The Morgan fingerprint density at radius 1 is 1.33 bits per heavy atom. The van der Waals surface area contributed by atoms with E-state index in [9.17, 15) is 9.59 Å². The molecule has 2 aromatic rings. The average Bonchev–Trinajstić information content (AvgIpc) is 2.51. The van der Waals surface area contributed by atoms with E-state index in [1.807, 2.05) is 18.2 Å². The predicted octanol–water partition coefficient (Wildman–Crippen LogP) is 1.37. The van der Waals surface area contributed by atoms with Crippen LogP contribution in [0.1, 0.15) is 32.0 Å². The first-order valence-electron chi connectivity index (χ1n) is 6.56. The third kappa shape index (κ3) is 2.47. The van der Waals surface area contributed by atoms with Crippen LogP contribution in [0.3, 0.4) is 0 Å². The van der Waals surface area contributed by atoms with Gasteiger partial charge in [-0.05, 0) is 18.1 Å². The molecule has 0 fully saturated rings. The molecule has 0 radical (unpaired) electrons. The number of fused-ring (bicyclic) bond motifs is 1. The summed E-state index contributed by atoms with van der Waals surface area (Å²) in [5.41, 5.74) is 2.09. The summed E-state index contributed by atoms with van der Waals surface area (Å²) < 4.78 is 0. The van der Waals surface area contributed by atoms with E-state index in [1.54, 1.807) is 11.0 Å². The summed E-state index contributed by atoms with van der Waals surface area (Å²) in [6.07, 6.45) is 3.31. The van der Waals surface area contributed by atoms with Crippen LogP contribution in [0.25, 0.3) is 0 Å². The number of amides is 1. The van der Waals surface area contributed by atoms with Gasteiger partial charge < -0.3 is 10.0 Å². The van der Waals surface area contributed by atoms with Gasteiger partial charge in [0.05, 0.1) is 12.2 Å². The standard InChI is InChI=1S/C15H13N3O3/c19-14-11-4-2-1-3-10(11)5-6-18(14)8-13-12(15(20)21)7-16-9-17-13/h1-4,7,9H,5-6,8H2,(H,20,21). The first kappa shape index (κ1) is 13.2. The Morgan fingerprint density at radius 2 is 2.14 bits per heavy atom. The molecule has 1 aliphatic rings. The second-order valence-electron chi connectivity index (χ2n) is 4.82. The number of aromatic nitrogens is 2. The first-order valence-corrected chi connectivity index (χ1v) is 6.56. The highest BCUT2D eigenvalue weighted by Crippen LogP contribution is 2.20. The van der Waals surface area contributed by atoms with Crippen LogP contribution < -0.4 is 0 Å². The first-order chi connectivity index (χ1) is 10.2. The number of carbonyl (C=O) groups excluding carboxylic acids is 1. The highest BCUT2D eigenvalue weighted by molar-refractivity contribution is 5.97. The molecule has 0 unspecified atom stereocenters. The number of hydrogen-bond acceptors (Lipinski definition) is 4. The monoisotopic (exact) mass is 283 g/mol. The summed E-state index contributed by atoms with van der Waals surface area (Å²) in [6.45, 7) is 0.732. The number of carboxylic acid groups (broad SMARTS) is 1. The maximum Gasteiger partial charge on any atom is 0.339 e.